The molecule has 0 saturated carbocycles. The minimum atomic E-state index is -0.436. The monoisotopic (exact) mass is 363 g/mol. The zero-order valence-electron chi connectivity index (χ0n) is 13.8. The fourth-order valence-electron chi connectivity index (χ4n) is 2.29. The van der Waals surface area contributed by atoms with Crippen LogP contribution < -0.4 is 10.6 Å². The molecular formula is C19H14ClN5O. The summed E-state index contributed by atoms with van der Waals surface area (Å²) in [7, 11) is 0. The van der Waals surface area contributed by atoms with Gasteiger partial charge in [0.2, 0.25) is 0 Å². The lowest BCUT2D eigenvalue weighted by molar-refractivity contribution is 0.102. The molecule has 0 saturated heterocycles. The molecule has 0 fully saturated rings. The van der Waals surface area contributed by atoms with Crippen LogP contribution in [0.3, 0.4) is 0 Å². The summed E-state index contributed by atoms with van der Waals surface area (Å²) >= 11 is 5.94. The van der Waals surface area contributed by atoms with Crippen molar-refractivity contribution in [3.8, 4) is 6.07 Å². The first-order valence-corrected chi connectivity index (χ1v) is 8.10. The first kappa shape index (κ1) is 17.4. The molecule has 26 heavy (non-hydrogen) atoms. The Balaban J connectivity index is 1.73. The van der Waals surface area contributed by atoms with Crippen molar-refractivity contribution in [1.29, 1.82) is 5.26 Å². The van der Waals surface area contributed by atoms with Crippen LogP contribution in [0.5, 0.6) is 0 Å². The lowest BCUT2D eigenvalue weighted by atomic mass is 10.2. The largest absolute Gasteiger partial charge is 0.339 e. The fraction of sp³-hybridized carbons (Fsp3) is 0.0526. The van der Waals surface area contributed by atoms with Crippen molar-refractivity contribution in [3.63, 3.8) is 0 Å². The van der Waals surface area contributed by atoms with E-state index in [1.54, 1.807) is 30.3 Å². The van der Waals surface area contributed by atoms with Gasteiger partial charge in [-0.05, 0) is 42.8 Å². The Labute approximate surface area is 155 Å². The van der Waals surface area contributed by atoms with Crippen LogP contribution in [0.1, 0.15) is 21.6 Å². The number of hydrogen-bond donors (Lipinski definition) is 2. The maximum Gasteiger partial charge on any atom is 0.275 e. The van der Waals surface area contributed by atoms with E-state index in [0.717, 1.165) is 11.3 Å². The highest BCUT2D eigenvalue weighted by Gasteiger charge is 2.11. The normalized spacial score (nSPS) is 10.0. The molecule has 0 spiro atoms. The van der Waals surface area contributed by atoms with Crippen LogP contribution in [0.15, 0.2) is 54.9 Å². The van der Waals surface area contributed by atoms with Gasteiger partial charge >= 0.3 is 0 Å². The maximum absolute atomic E-state index is 12.3. The number of para-hydroxylation sites is 1. The smallest absolute Gasteiger partial charge is 0.275 e. The summed E-state index contributed by atoms with van der Waals surface area (Å²) < 4.78 is 0. The van der Waals surface area contributed by atoms with E-state index in [2.05, 4.69) is 20.6 Å². The number of amides is 1. The van der Waals surface area contributed by atoms with Gasteiger partial charge in [0.25, 0.3) is 5.91 Å². The van der Waals surface area contributed by atoms with E-state index in [1.807, 2.05) is 25.1 Å². The molecule has 0 aliphatic rings. The summed E-state index contributed by atoms with van der Waals surface area (Å²) in [5.41, 5.74) is 2.78. The summed E-state index contributed by atoms with van der Waals surface area (Å²) in [4.78, 5) is 20.6. The molecule has 3 aromatic rings. The van der Waals surface area contributed by atoms with Crippen molar-refractivity contribution in [2.75, 3.05) is 10.6 Å². The summed E-state index contributed by atoms with van der Waals surface area (Å²) in [6, 6.07) is 14.2. The Bertz CT molecular complexity index is 996. The van der Waals surface area contributed by atoms with Crippen molar-refractivity contribution < 1.29 is 4.79 Å². The molecule has 0 bridgehead atoms. The Morgan fingerprint density at radius 2 is 1.92 bits per heavy atom. The SMILES string of the molecule is Cc1cc(Cl)ccc1Nc1cnc(C(=O)Nc2ccccc2C#N)cn1. The molecule has 1 heterocycles. The highest BCUT2D eigenvalue weighted by atomic mass is 35.5. The van der Waals surface area contributed by atoms with Crippen molar-refractivity contribution in [2.24, 2.45) is 0 Å². The van der Waals surface area contributed by atoms with Crippen molar-refractivity contribution >= 4 is 34.7 Å². The Morgan fingerprint density at radius 3 is 2.62 bits per heavy atom. The molecule has 1 amide bonds. The standard InChI is InChI=1S/C19H14ClN5O/c1-12-8-14(20)6-7-15(12)24-18-11-22-17(10-23-18)19(26)25-16-5-3-2-4-13(16)9-21/h2-8,10-11H,1H3,(H,23,24)(H,25,26). The number of hydrogen-bond acceptors (Lipinski definition) is 5. The Hall–Kier alpha value is -3.43. The quantitative estimate of drug-likeness (QED) is 0.720. The molecule has 0 radical (unpaired) electrons. The van der Waals surface area contributed by atoms with E-state index in [1.165, 1.54) is 12.4 Å². The van der Waals surface area contributed by atoms with Crippen LogP contribution >= 0.6 is 11.6 Å². The second kappa shape index (κ2) is 7.64. The molecule has 2 N–H and O–H groups in total. The molecule has 0 aliphatic heterocycles. The number of nitriles is 1. The van der Waals surface area contributed by atoms with Gasteiger partial charge in [-0.3, -0.25) is 4.79 Å². The number of carbonyl (C=O) groups is 1. The molecule has 0 aliphatic carbocycles. The van der Waals surface area contributed by atoms with E-state index in [0.29, 0.717) is 22.1 Å². The highest BCUT2D eigenvalue weighted by Crippen LogP contribution is 2.22. The van der Waals surface area contributed by atoms with Crippen molar-refractivity contribution in [2.45, 2.75) is 6.92 Å². The number of nitrogens with one attached hydrogen (secondary N) is 2. The van der Waals surface area contributed by atoms with Crippen LogP contribution in [0.4, 0.5) is 17.2 Å². The third-order valence-corrected chi connectivity index (χ3v) is 3.87. The molecule has 6 nitrogen and oxygen atoms in total. The van der Waals surface area contributed by atoms with E-state index < -0.39 is 5.91 Å². The van der Waals surface area contributed by atoms with Crippen LogP contribution in [-0.2, 0) is 0 Å². The average Bonchev–Trinajstić information content (AvgIpc) is 2.65. The third-order valence-electron chi connectivity index (χ3n) is 3.63. The average molecular weight is 364 g/mol. The van der Waals surface area contributed by atoms with Gasteiger partial charge in [-0.1, -0.05) is 23.7 Å². The summed E-state index contributed by atoms with van der Waals surface area (Å²) in [5.74, 6) is 0.0684. The number of nitrogens with zero attached hydrogens (tertiary/aromatic N) is 3. The molecule has 0 atom stereocenters. The second-order valence-corrected chi connectivity index (χ2v) is 5.92. The molecule has 2 aromatic carbocycles. The van der Waals surface area contributed by atoms with Crippen LogP contribution in [-0.4, -0.2) is 15.9 Å². The molecule has 0 unspecified atom stereocenters. The van der Waals surface area contributed by atoms with E-state index in [4.69, 9.17) is 16.9 Å². The number of anilines is 3. The predicted octanol–water partition coefficient (Wildman–Crippen LogP) is 4.31. The van der Waals surface area contributed by atoms with Crippen LogP contribution in [0.2, 0.25) is 5.02 Å². The van der Waals surface area contributed by atoms with E-state index in [-0.39, 0.29) is 5.69 Å². The molecule has 1 aromatic heterocycles. The lowest BCUT2D eigenvalue weighted by Crippen LogP contribution is -2.15. The number of halogens is 1. The molecule has 3 rings (SSSR count). The third kappa shape index (κ3) is 3.97. The van der Waals surface area contributed by atoms with Gasteiger partial charge in [-0.15, -0.1) is 0 Å². The summed E-state index contributed by atoms with van der Waals surface area (Å²) in [6.45, 7) is 1.93. The van der Waals surface area contributed by atoms with Gasteiger partial charge in [0, 0.05) is 10.7 Å². The Morgan fingerprint density at radius 1 is 1.12 bits per heavy atom. The maximum atomic E-state index is 12.3. The highest BCUT2D eigenvalue weighted by molar-refractivity contribution is 6.30. The van der Waals surface area contributed by atoms with E-state index in [9.17, 15) is 4.79 Å². The van der Waals surface area contributed by atoms with Gasteiger partial charge in [-0.25, -0.2) is 9.97 Å². The first-order valence-electron chi connectivity index (χ1n) is 7.72. The van der Waals surface area contributed by atoms with Crippen molar-refractivity contribution in [3.05, 3.63) is 76.7 Å². The number of aryl methyl sites for hydroxylation is 1. The van der Waals surface area contributed by atoms with Crippen LogP contribution in [0.25, 0.3) is 0 Å². The van der Waals surface area contributed by atoms with E-state index >= 15 is 0 Å². The minimum absolute atomic E-state index is 0.149. The fourth-order valence-corrected chi connectivity index (χ4v) is 2.52. The lowest BCUT2D eigenvalue weighted by Gasteiger charge is -2.09. The number of rotatable bonds is 4. The number of aromatic nitrogens is 2. The summed E-state index contributed by atoms with van der Waals surface area (Å²) in [5, 5.41) is 15.5. The summed E-state index contributed by atoms with van der Waals surface area (Å²) in [6.07, 6.45) is 2.84. The number of carbonyl (C=O) groups excluding carboxylic acids is 1. The van der Waals surface area contributed by atoms with Gasteiger partial charge in [0.05, 0.1) is 23.6 Å². The van der Waals surface area contributed by atoms with Crippen molar-refractivity contribution in [1.82, 2.24) is 9.97 Å². The molecular weight excluding hydrogens is 350 g/mol. The Kier molecular flexibility index (Phi) is 5.11. The van der Waals surface area contributed by atoms with Gasteiger partial charge in [0.1, 0.15) is 17.6 Å². The molecule has 7 heteroatoms. The topological polar surface area (TPSA) is 90.7 Å². The zero-order chi connectivity index (χ0) is 18.5. The minimum Gasteiger partial charge on any atom is -0.339 e. The predicted molar refractivity (Wildman–Crippen MR) is 101 cm³/mol. The van der Waals surface area contributed by atoms with Crippen LogP contribution in [0, 0.1) is 18.3 Å². The molecule has 128 valence electrons. The van der Waals surface area contributed by atoms with Gasteiger partial charge < -0.3 is 10.6 Å². The first-order chi connectivity index (χ1) is 12.6. The number of benzene rings is 2. The van der Waals surface area contributed by atoms with Gasteiger partial charge in [0.15, 0.2) is 0 Å². The zero-order valence-corrected chi connectivity index (χ0v) is 14.6. The van der Waals surface area contributed by atoms with Gasteiger partial charge in [-0.2, -0.15) is 5.26 Å². The second-order valence-electron chi connectivity index (χ2n) is 5.48.